The van der Waals surface area contributed by atoms with Gasteiger partial charge >= 0.3 is 0 Å². The van der Waals surface area contributed by atoms with Crippen molar-refractivity contribution >= 4 is 11.5 Å². The molecule has 1 saturated heterocycles. The zero-order chi connectivity index (χ0) is 14.7. The normalized spacial score (nSPS) is 18.2. The molecular weight excluding hydrogens is 266 g/mol. The van der Waals surface area contributed by atoms with Crippen molar-refractivity contribution in [2.24, 2.45) is 5.92 Å². The molecule has 1 fully saturated rings. The first-order valence-corrected chi connectivity index (χ1v) is 7.60. The second-order valence-corrected chi connectivity index (χ2v) is 5.79. The molecule has 1 atom stereocenters. The molecule has 1 aliphatic heterocycles. The Hall–Kier alpha value is -1.66. The molecule has 114 valence electrons. The highest BCUT2D eigenvalue weighted by atomic mass is 16.5. The molecule has 6 nitrogen and oxygen atoms in total. The standard InChI is InChI=1S/C15H23N5O/c1-12(2)13(19-7-9-21-10-8-19)11-17-14-3-4-15-16-5-6-20(15)18-14/h3-6,12-13H,7-11H2,1-2H3,(H,17,18)/t13-/m1/s1. The summed E-state index contributed by atoms with van der Waals surface area (Å²) in [5, 5.41) is 7.97. The predicted molar refractivity (Wildman–Crippen MR) is 82.5 cm³/mol. The lowest BCUT2D eigenvalue weighted by Gasteiger charge is -2.37. The molecule has 0 amide bonds. The highest BCUT2D eigenvalue weighted by molar-refractivity contribution is 5.43. The summed E-state index contributed by atoms with van der Waals surface area (Å²) in [7, 11) is 0. The van der Waals surface area contributed by atoms with Crippen molar-refractivity contribution in [2.45, 2.75) is 19.9 Å². The number of nitrogens with zero attached hydrogens (tertiary/aromatic N) is 4. The molecule has 1 N–H and O–H groups in total. The molecule has 3 heterocycles. The van der Waals surface area contributed by atoms with Gasteiger partial charge in [0, 0.05) is 38.1 Å². The number of rotatable bonds is 5. The molecule has 0 saturated carbocycles. The number of ether oxygens (including phenoxy) is 1. The lowest BCUT2D eigenvalue weighted by Crippen LogP contribution is -2.49. The van der Waals surface area contributed by atoms with Crippen molar-refractivity contribution in [2.75, 3.05) is 38.2 Å². The number of aromatic nitrogens is 3. The van der Waals surface area contributed by atoms with Gasteiger partial charge in [0.1, 0.15) is 5.82 Å². The van der Waals surface area contributed by atoms with Crippen molar-refractivity contribution in [1.82, 2.24) is 19.5 Å². The van der Waals surface area contributed by atoms with Crippen LogP contribution in [-0.4, -0.2) is 58.4 Å². The Bertz CT molecular complexity index is 576. The van der Waals surface area contributed by atoms with E-state index in [1.165, 1.54) is 0 Å². The number of hydrogen-bond donors (Lipinski definition) is 1. The Kier molecular flexibility index (Phi) is 4.36. The first-order chi connectivity index (χ1) is 10.2. The first kappa shape index (κ1) is 14.3. The van der Waals surface area contributed by atoms with Crippen LogP contribution in [-0.2, 0) is 4.74 Å². The fourth-order valence-corrected chi connectivity index (χ4v) is 2.81. The third kappa shape index (κ3) is 3.33. The minimum Gasteiger partial charge on any atom is -0.379 e. The van der Waals surface area contributed by atoms with Crippen LogP contribution < -0.4 is 5.32 Å². The van der Waals surface area contributed by atoms with E-state index in [2.05, 4.69) is 34.1 Å². The van der Waals surface area contributed by atoms with Gasteiger partial charge < -0.3 is 10.1 Å². The fraction of sp³-hybridized carbons (Fsp3) is 0.600. The van der Waals surface area contributed by atoms with Gasteiger partial charge in [-0.3, -0.25) is 4.90 Å². The molecule has 2 aromatic rings. The molecule has 2 aromatic heterocycles. The third-order valence-corrected chi connectivity index (χ3v) is 4.03. The van der Waals surface area contributed by atoms with E-state index < -0.39 is 0 Å². The number of anilines is 1. The molecule has 0 bridgehead atoms. The summed E-state index contributed by atoms with van der Waals surface area (Å²) in [6, 6.07) is 4.46. The summed E-state index contributed by atoms with van der Waals surface area (Å²) in [5.74, 6) is 1.48. The van der Waals surface area contributed by atoms with Crippen molar-refractivity contribution in [3.8, 4) is 0 Å². The lowest BCUT2D eigenvalue weighted by atomic mass is 10.0. The number of hydrogen-bond acceptors (Lipinski definition) is 5. The average Bonchev–Trinajstić information content (AvgIpc) is 2.96. The zero-order valence-electron chi connectivity index (χ0n) is 12.7. The molecule has 1 aliphatic rings. The van der Waals surface area contributed by atoms with Crippen molar-refractivity contribution in [3.05, 3.63) is 24.5 Å². The van der Waals surface area contributed by atoms with Gasteiger partial charge in [0.25, 0.3) is 0 Å². The van der Waals surface area contributed by atoms with Gasteiger partial charge in [-0.05, 0) is 18.1 Å². The molecule has 0 unspecified atom stereocenters. The largest absolute Gasteiger partial charge is 0.379 e. The monoisotopic (exact) mass is 289 g/mol. The van der Waals surface area contributed by atoms with E-state index in [-0.39, 0.29) is 0 Å². The van der Waals surface area contributed by atoms with Crippen LogP contribution in [0.25, 0.3) is 5.65 Å². The molecular formula is C15H23N5O. The van der Waals surface area contributed by atoms with E-state index in [4.69, 9.17) is 4.74 Å². The molecule has 21 heavy (non-hydrogen) atoms. The van der Waals surface area contributed by atoms with E-state index in [1.807, 2.05) is 18.3 Å². The van der Waals surface area contributed by atoms with E-state index in [9.17, 15) is 0 Å². The van der Waals surface area contributed by atoms with E-state index in [0.29, 0.717) is 12.0 Å². The lowest BCUT2D eigenvalue weighted by molar-refractivity contribution is 0.00953. The van der Waals surface area contributed by atoms with Crippen LogP contribution in [0.2, 0.25) is 0 Å². The van der Waals surface area contributed by atoms with Gasteiger partial charge in [0.15, 0.2) is 5.65 Å². The predicted octanol–water partition coefficient (Wildman–Crippen LogP) is 1.50. The Morgan fingerprint density at radius 1 is 1.29 bits per heavy atom. The maximum Gasteiger partial charge on any atom is 0.153 e. The molecule has 0 radical (unpaired) electrons. The van der Waals surface area contributed by atoms with Crippen LogP contribution >= 0.6 is 0 Å². The maximum absolute atomic E-state index is 5.45. The van der Waals surface area contributed by atoms with E-state index in [1.54, 1.807) is 10.7 Å². The fourth-order valence-electron chi connectivity index (χ4n) is 2.81. The number of fused-ring (bicyclic) bond motifs is 1. The van der Waals surface area contributed by atoms with Crippen molar-refractivity contribution < 1.29 is 4.74 Å². The Morgan fingerprint density at radius 3 is 2.86 bits per heavy atom. The summed E-state index contributed by atoms with van der Waals surface area (Å²) in [6.45, 7) is 9.13. The van der Waals surface area contributed by atoms with Crippen LogP contribution in [0.1, 0.15) is 13.8 Å². The Labute approximate surface area is 125 Å². The highest BCUT2D eigenvalue weighted by Crippen LogP contribution is 2.14. The summed E-state index contributed by atoms with van der Waals surface area (Å²) in [4.78, 5) is 6.72. The molecule has 0 spiro atoms. The summed E-state index contributed by atoms with van der Waals surface area (Å²) in [6.07, 6.45) is 3.62. The number of morpholine rings is 1. The SMILES string of the molecule is CC(C)[C@@H](CNc1ccc2nccn2n1)N1CCOCC1. The number of nitrogens with one attached hydrogen (secondary N) is 1. The van der Waals surface area contributed by atoms with Gasteiger partial charge in [0.2, 0.25) is 0 Å². The maximum atomic E-state index is 5.45. The van der Waals surface area contributed by atoms with Crippen LogP contribution in [0, 0.1) is 5.92 Å². The topological polar surface area (TPSA) is 54.7 Å². The van der Waals surface area contributed by atoms with Crippen LogP contribution in [0.5, 0.6) is 0 Å². The zero-order valence-corrected chi connectivity index (χ0v) is 12.7. The van der Waals surface area contributed by atoms with Gasteiger partial charge in [0.05, 0.1) is 13.2 Å². The Balaban J connectivity index is 1.65. The first-order valence-electron chi connectivity index (χ1n) is 7.60. The number of imidazole rings is 1. The highest BCUT2D eigenvalue weighted by Gasteiger charge is 2.23. The molecule has 0 aliphatic carbocycles. The minimum absolute atomic E-state index is 0.495. The molecule has 6 heteroatoms. The van der Waals surface area contributed by atoms with Gasteiger partial charge in [-0.25, -0.2) is 9.50 Å². The quantitative estimate of drug-likeness (QED) is 0.904. The van der Waals surface area contributed by atoms with Gasteiger partial charge in [-0.15, -0.1) is 5.10 Å². The molecule has 0 aromatic carbocycles. The van der Waals surface area contributed by atoms with E-state index >= 15 is 0 Å². The van der Waals surface area contributed by atoms with Crippen LogP contribution in [0.4, 0.5) is 5.82 Å². The molecule has 3 rings (SSSR count). The third-order valence-electron chi connectivity index (χ3n) is 4.03. The second kappa shape index (κ2) is 6.41. The van der Waals surface area contributed by atoms with Crippen molar-refractivity contribution in [1.29, 1.82) is 0 Å². The van der Waals surface area contributed by atoms with Crippen molar-refractivity contribution in [3.63, 3.8) is 0 Å². The van der Waals surface area contributed by atoms with Gasteiger partial charge in [-0.1, -0.05) is 13.8 Å². The minimum atomic E-state index is 0.495. The van der Waals surface area contributed by atoms with E-state index in [0.717, 1.165) is 44.3 Å². The second-order valence-electron chi connectivity index (χ2n) is 5.79. The average molecular weight is 289 g/mol. The summed E-state index contributed by atoms with van der Waals surface area (Å²) < 4.78 is 7.24. The van der Waals surface area contributed by atoms with Crippen LogP contribution in [0.3, 0.4) is 0 Å². The van der Waals surface area contributed by atoms with Crippen LogP contribution in [0.15, 0.2) is 24.5 Å². The summed E-state index contributed by atoms with van der Waals surface area (Å²) in [5.41, 5.74) is 0.870. The summed E-state index contributed by atoms with van der Waals surface area (Å²) >= 11 is 0. The van der Waals surface area contributed by atoms with Gasteiger partial charge in [-0.2, -0.15) is 0 Å². The Morgan fingerprint density at radius 2 is 2.10 bits per heavy atom. The smallest absolute Gasteiger partial charge is 0.153 e.